The molecule has 1 amide bonds. The van der Waals surface area contributed by atoms with E-state index in [0.29, 0.717) is 24.4 Å². The third kappa shape index (κ3) is 4.01. The summed E-state index contributed by atoms with van der Waals surface area (Å²) in [6.07, 6.45) is 3.50. The van der Waals surface area contributed by atoms with Gasteiger partial charge in [-0.25, -0.2) is 13.4 Å². The van der Waals surface area contributed by atoms with Crippen LogP contribution in [0.5, 0.6) is 5.88 Å². The first-order valence-electron chi connectivity index (χ1n) is 8.12. The van der Waals surface area contributed by atoms with Crippen molar-refractivity contribution in [1.29, 1.82) is 0 Å². The fraction of sp³-hybridized carbons (Fsp3) is 0.412. The van der Waals surface area contributed by atoms with Gasteiger partial charge in [0.2, 0.25) is 5.88 Å². The number of sulfone groups is 1. The maximum Gasteiger partial charge on any atom is 0.260 e. The van der Waals surface area contributed by atoms with E-state index in [4.69, 9.17) is 9.15 Å². The van der Waals surface area contributed by atoms with Crippen molar-refractivity contribution in [3.8, 4) is 5.88 Å². The Labute approximate surface area is 146 Å². The number of ether oxygens (including phenoxy) is 1. The standard InChI is InChI=1S/C17H20N2O5S/c1-2-23-16-15(6-3-8-18-16)17(20)19(11-14-5-4-9-24-14)13-7-10-25(21,22)12-13/h3-6,8-9,13H,2,7,10-12H2,1H3/t13-/m0/s1. The predicted molar refractivity (Wildman–Crippen MR) is 91.0 cm³/mol. The van der Waals surface area contributed by atoms with E-state index in [-0.39, 0.29) is 29.8 Å². The topological polar surface area (TPSA) is 89.7 Å². The van der Waals surface area contributed by atoms with Crippen LogP contribution in [0.25, 0.3) is 0 Å². The summed E-state index contributed by atoms with van der Waals surface area (Å²) in [5, 5.41) is 0. The highest BCUT2D eigenvalue weighted by molar-refractivity contribution is 7.91. The molecule has 0 radical (unpaired) electrons. The van der Waals surface area contributed by atoms with Gasteiger partial charge in [0.05, 0.1) is 30.9 Å². The summed E-state index contributed by atoms with van der Waals surface area (Å²) in [5.41, 5.74) is 0.320. The Kier molecular flexibility index (Phi) is 5.08. The van der Waals surface area contributed by atoms with Crippen molar-refractivity contribution < 1.29 is 22.4 Å². The summed E-state index contributed by atoms with van der Waals surface area (Å²) in [5.74, 6) is 0.587. The summed E-state index contributed by atoms with van der Waals surface area (Å²) < 4.78 is 34.6. The van der Waals surface area contributed by atoms with Crippen LogP contribution in [0.3, 0.4) is 0 Å². The van der Waals surface area contributed by atoms with Gasteiger partial charge in [-0.05, 0) is 37.6 Å². The Morgan fingerprint density at radius 3 is 2.88 bits per heavy atom. The first kappa shape index (κ1) is 17.5. The van der Waals surface area contributed by atoms with Crippen LogP contribution < -0.4 is 4.74 Å². The number of amides is 1. The normalized spacial score (nSPS) is 18.8. The van der Waals surface area contributed by atoms with Gasteiger partial charge in [-0.3, -0.25) is 4.79 Å². The zero-order valence-corrected chi connectivity index (χ0v) is 14.7. The molecule has 25 heavy (non-hydrogen) atoms. The molecule has 8 heteroatoms. The molecule has 0 aliphatic carbocycles. The van der Waals surface area contributed by atoms with Crippen LogP contribution in [0.1, 0.15) is 29.5 Å². The molecule has 0 unspecified atom stereocenters. The second-order valence-corrected chi connectivity index (χ2v) is 8.09. The molecule has 0 bridgehead atoms. The molecular weight excluding hydrogens is 344 g/mol. The van der Waals surface area contributed by atoms with Crippen LogP contribution in [-0.4, -0.2) is 48.4 Å². The fourth-order valence-electron chi connectivity index (χ4n) is 2.92. The molecule has 3 heterocycles. The first-order valence-corrected chi connectivity index (χ1v) is 9.94. The van der Waals surface area contributed by atoms with Crippen molar-refractivity contribution in [3.05, 3.63) is 48.0 Å². The number of furan rings is 1. The Bertz CT molecular complexity index is 832. The number of hydrogen-bond acceptors (Lipinski definition) is 6. The van der Waals surface area contributed by atoms with Gasteiger partial charge in [0, 0.05) is 12.2 Å². The summed E-state index contributed by atoms with van der Waals surface area (Å²) in [7, 11) is -3.13. The molecule has 3 rings (SSSR count). The van der Waals surface area contributed by atoms with E-state index >= 15 is 0 Å². The smallest absolute Gasteiger partial charge is 0.260 e. The molecule has 0 N–H and O–H groups in total. The Morgan fingerprint density at radius 2 is 2.24 bits per heavy atom. The summed E-state index contributed by atoms with van der Waals surface area (Å²) in [6.45, 7) is 2.40. The van der Waals surface area contributed by atoms with Gasteiger partial charge in [0.1, 0.15) is 11.3 Å². The molecule has 1 aliphatic rings. The third-order valence-electron chi connectivity index (χ3n) is 4.10. The van der Waals surface area contributed by atoms with Gasteiger partial charge in [-0.1, -0.05) is 0 Å². The van der Waals surface area contributed by atoms with Gasteiger partial charge >= 0.3 is 0 Å². The van der Waals surface area contributed by atoms with E-state index < -0.39 is 15.9 Å². The third-order valence-corrected chi connectivity index (χ3v) is 5.85. The van der Waals surface area contributed by atoms with E-state index in [2.05, 4.69) is 4.98 Å². The minimum Gasteiger partial charge on any atom is -0.477 e. The van der Waals surface area contributed by atoms with E-state index in [1.807, 2.05) is 6.92 Å². The lowest BCUT2D eigenvalue weighted by Crippen LogP contribution is -2.40. The highest BCUT2D eigenvalue weighted by Gasteiger charge is 2.36. The molecule has 0 aromatic carbocycles. The van der Waals surface area contributed by atoms with Gasteiger partial charge in [0.25, 0.3) is 5.91 Å². The van der Waals surface area contributed by atoms with Crippen LogP contribution in [-0.2, 0) is 16.4 Å². The molecular formula is C17H20N2O5S. The minimum absolute atomic E-state index is 0.0380. The van der Waals surface area contributed by atoms with Crippen LogP contribution in [0.15, 0.2) is 41.1 Å². The number of nitrogens with zero attached hydrogens (tertiary/aromatic N) is 2. The van der Waals surface area contributed by atoms with Crippen molar-refractivity contribution in [2.45, 2.75) is 25.9 Å². The van der Waals surface area contributed by atoms with E-state index in [0.717, 1.165) is 0 Å². The predicted octanol–water partition coefficient (Wildman–Crippen LogP) is 1.90. The van der Waals surface area contributed by atoms with Crippen molar-refractivity contribution in [1.82, 2.24) is 9.88 Å². The van der Waals surface area contributed by atoms with Gasteiger partial charge in [0.15, 0.2) is 9.84 Å². The molecule has 1 atom stereocenters. The molecule has 0 spiro atoms. The van der Waals surface area contributed by atoms with Crippen molar-refractivity contribution in [2.24, 2.45) is 0 Å². The zero-order chi connectivity index (χ0) is 17.9. The molecule has 7 nitrogen and oxygen atoms in total. The molecule has 0 saturated carbocycles. The highest BCUT2D eigenvalue weighted by atomic mass is 32.2. The molecule has 1 fully saturated rings. The van der Waals surface area contributed by atoms with Crippen molar-refractivity contribution in [3.63, 3.8) is 0 Å². The maximum absolute atomic E-state index is 13.1. The Morgan fingerprint density at radius 1 is 1.40 bits per heavy atom. The van der Waals surface area contributed by atoms with E-state index in [1.165, 1.54) is 6.26 Å². The fourth-order valence-corrected chi connectivity index (χ4v) is 4.65. The largest absolute Gasteiger partial charge is 0.477 e. The average Bonchev–Trinajstić information content (AvgIpc) is 3.22. The van der Waals surface area contributed by atoms with Gasteiger partial charge in [-0.15, -0.1) is 0 Å². The van der Waals surface area contributed by atoms with Crippen molar-refractivity contribution in [2.75, 3.05) is 18.1 Å². The molecule has 1 aliphatic heterocycles. The first-order chi connectivity index (χ1) is 12.0. The second kappa shape index (κ2) is 7.26. The Balaban J connectivity index is 1.92. The second-order valence-electron chi connectivity index (χ2n) is 5.86. The highest BCUT2D eigenvalue weighted by Crippen LogP contribution is 2.25. The number of aromatic nitrogens is 1. The van der Waals surface area contributed by atoms with Gasteiger partial charge < -0.3 is 14.1 Å². The van der Waals surface area contributed by atoms with E-state index in [9.17, 15) is 13.2 Å². The van der Waals surface area contributed by atoms with Crippen LogP contribution in [0.2, 0.25) is 0 Å². The number of carbonyl (C=O) groups excluding carboxylic acids is 1. The van der Waals surface area contributed by atoms with Crippen LogP contribution in [0.4, 0.5) is 0 Å². The quantitative estimate of drug-likeness (QED) is 0.778. The molecule has 134 valence electrons. The number of pyridine rings is 1. The lowest BCUT2D eigenvalue weighted by molar-refractivity contribution is 0.0661. The molecule has 1 saturated heterocycles. The van der Waals surface area contributed by atoms with Crippen LogP contribution >= 0.6 is 0 Å². The average molecular weight is 364 g/mol. The van der Waals surface area contributed by atoms with Crippen LogP contribution in [0, 0.1) is 0 Å². The van der Waals surface area contributed by atoms with Gasteiger partial charge in [-0.2, -0.15) is 0 Å². The summed E-state index contributed by atoms with van der Waals surface area (Å²) >= 11 is 0. The lowest BCUT2D eigenvalue weighted by Gasteiger charge is -2.28. The monoisotopic (exact) mass is 364 g/mol. The Hall–Kier alpha value is -2.35. The molecule has 2 aromatic rings. The van der Waals surface area contributed by atoms with Crippen molar-refractivity contribution >= 4 is 15.7 Å². The zero-order valence-electron chi connectivity index (χ0n) is 13.9. The number of carbonyl (C=O) groups is 1. The number of rotatable bonds is 6. The SMILES string of the molecule is CCOc1ncccc1C(=O)N(Cc1ccco1)[C@H]1CCS(=O)(=O)C1. The molecule has 2 aromatic heterocycles. The summed E-state index contributed by atoms with van der Waals surface area (Å²) in [4.78, 5) is 18.8. The minimum atomic E-state index is -3.13. The maximum atomic E-state index is 13.1. The number of hydrogen-bond donors (Lipinski definition) is 0. The lowest BCUT2D eigenvalue weighted by atomic mass is 10.1. The summed E-state index contributed by atoms with van der Waals surface area (Å²) in [6, 6.07) is 6.40. The van der Waals surface area contributed by atoms with E-state index in [1.54, 1.807) is 35.4 Å².